The topological polar surface area (TPSA) is 0 Å². The third kappa shape index (κ3) is 8.20. The van der Waals surface area contributed by atoms with Gasteiger partial charge in [0, 0.05) is 25.8 Å². The Labute approximate surface area is 237 Å². The summed E-state index contributed by atoms with van der Waals surface area (Å²) in [5.74, 6) is 0. The van der Waals surface area contributed by atoms with Gasteiger partial charge in [0.1, 0.15) is 0 Å². The summed E-state index contributed by atoms with van der Waals surface area (Å²) in [5, 5.41) is 5.48. The van der Waals surface area contributed by atoms with Gasteiger partial charge in [-0.3, -0.25) is 0 Å². The van der Waals surface area contributed by atoms with Crippen LogP contribution in [0.4, 0.5) is 0 Å². The number of hydrogen-bond donors (Lipinski definition) is 0. The van der Waals surface area contributed by atoms with E-state index in [0.717, 1.165) is 11.1 Å². The average molecular weight is 638 g/mol. The van der Waals surface area contributed by atoms with Crippen molar-refractivity contribution in [1.82, 2.24) is 0 Å². The van der Waals surface area contributed by atoms with Gasteiger partial charge in [0.25, 0.3) is 0 Å². The zero-order valence-electron chi connectivity index (χ0n) is 22.7. The molecule has 0 saturated heterocycles. The molecule has 5 aromatic rings. The van der Waals surface area contributed by atoms with Crippen LogP contribution < -0.4 is 0 Å². The van der Waals surface area contributed by atoms with Gasteiger partial charge in [-0.1, -0.05) is 89.1 Å². The Kier molecular flexibility index (Phi) is 10.3. The molecule has 0 atom stereocenters. The molecule has 0 heterocycles. The summed E-state index contributed by atoms with van der Waals surface area (Å²) < 4.78 is 0. The van der Waals surface area contributed by atoms with Gasteiger partial charge < -0.3 is 0 Å². The summed E-state index contributed by atoms with van der Waals surface area (Å²) in [6.45, 7) is 21.1. The number of rotatable bonds is 0. The minimum absolute atomic E-state index is 0. The van der Waals surface area contributed by atoms with E-state index in [1.54, 1.807) is 0 Å². The molecule has 0 amide bonds. The summed E-state index contributed by atoms with van der Waals surface area (Å²) in [6, 6.07) is 35.9. The van der Waals surface area contributed by atoms with E-state index in [1.807, 2.05) is 60.7 Å². The van der Waals surface area contributed by atoms with Gasteiger partial charge in [-0.25, -0.2) is 0 Å². The maximum Gasteiger partial charge on any atom is 0 e. The van der Waals surface area contributed by atoms with Crippen LogP contribution in [0.3, 0.4) is 0 Å². The molecular formula is C35H39Hf-3. The first-order valence-corrected chi connectivity index (χ1v) is 12.3. The molecule has 0 spiro atoms. The molecule has 5 rings (SSSR count). The van der Waals surface area contributed by atoms with E-state index < -0.39 is 0 Å². The van der Waals surface area contributed by atoms with Gasteiger partial charge in [-0.15, -0.1) is 64.0 Å². The van der Waals surface area contributed by atoms with Crippen LogP contribution in [0, 0.1) is 13.8 Å². The Morgan fingerprint density at radius 1 is 0.500 bits per heavy atom. The summed E-state index contributed by atoms with van der Waals surface area (Å²) in [6.07, 6.45) is 0. The van der Waals surface area contributed by atoms with E-state index in [-0.39, 0.29) is 36.7 Å². The second-order valence-electron chi connectivity index (χ2n) is 11.2. The number of fused-ring (bicyclic) bond motifs is 3. The molecule has 0 N–H and O–H groups in total. The van der Waals surface area contributed by atoms with E-state index in [4.69, 9.17) is 0 Å². The van der Waals surface area contributed by atoms with Crippen LogP contribution >= 0.6 is 0 Å². The summed E-state index contributed by atoms with van der Waals surface area (Å²) >= 11 is 0. The molecule has 0 nitrogen and oxygen atoms in total. The van der Waals surface area contributed by atoms with E-state index >= 15 is 0 Å². The van der Waals surface area contributed by atoms with Crippen molar-refractivity contribution >= 4 is 21.5 Å². The monoisotopic (exact) mass is 639 g/mol. The Morgan fingerprint density at radius 3 is 1.08 bits per heavy atom. The maximum atomic E-state index is 3.72. The largest absolute Gasteiger partial charge is 0.199 e. The first kappa shape index (κ1) is 29.6. The van der Waals surface area contributed by atoms with E-state index in [9.17, 15) is 0 Å². The first-order chi connectivity index (χ1) is 16.4. The molecule has 186 valence electrons. The summed E-state index contributed by atoms with van der Waals surface area (Å²) in [7, 11) is 0. The predicted octanol–water partition coefficient (Wildman–Crippen LogP) is 10.0. The fraction of sp³-hybridized carbons (Fsp3) is 0.229. The molecule has 0 aliphatic rings. The van der Waals surface area contributed by atoms with Gasteiger partial charge in [-0.05, 0) is 10.8 Å². The second kappa shape index (κ2) is 12.5. The van der Waals surface area contributed by atoms with Crippen LogP contribution in [0.5, 0.6) is 0 Å². The van der Waals surface area contributed by atoms with Crippen molar-refractivity contribution in [3.63, 3.8) is 0 Å². The Morgan fingerprint density at radius 2 is 0.833 bits per heavy atom. The number of benzene rings is 4. The van der Waals surface area contributed by atoms with Crippen LogP contribution in [-0.2, 0) is 36.7 Å². The molecule has 0 aromatic heterocycles. The first-order valence-electron chi connectivity index (χ1n) is 12.3. The molecule has 0 aliphatic carbocycles. The molecule has 0 aliphatic heterocycles. The Bertz CT molecular complexity index is 1240. The quantitative estimate of drug-likeness (QED) is 0.117. The molecule has 0 saturated carbocycles. The smallest absolute Gasteiger partial charge is 0 e. The zero-order chi connectivity index (χ0) is 25.6. The van der Waals surface area contributed by atoms with Crippen LogP contribution in [0.2, 0.25) is 0 Å². The summed E-state index contributed by atoms with van der Waals surface area (Å²) in [4.78, 5) is 0. The van der Waals surface area contributed by atoms with Gasteiger partial charge in [0.15, 0.2) is 0 Å². The van der Waals surface area contributed by atoms with Crippen molar-refractivity contribution in [2.45, 2.75) is 52.4 Å². The predicted molar refractivity (Wildman–Crippen MR) is 156 cm³/mol. The molecule has 5 aromatic carbocycles. The third-order valence-electron chi connectivity index (χ3n) is 6.12. The standard InChI is InChI=1S/C21H25.2C7H7.Hf/c1-20(2,3)16-7-9-18-14(12-16)11-15-13-17(21(4,5)6)8-10-19(15)18;2*1-7-5-3-2-4-6-7;/h7-13H,1-6H3;2*2-6H,1H2;/q3*-1;. The van der Waals surface area contributed by atoms with Crippen LogP contribution in [0.15, 0.2) is 103 Å². The minimum Gasteiger partial charge on any atom is -0.199 e. The molecule has 0 fully saturated rings. The fourth-order valence-electron chi connectivity index (χ4n) is 3.91. The van der Waals surface area contributed by atoms with Gasteiger partial charge in [0.2, 0.25) is 0 Å². The maximum absolute atomic E-state index is 3.72. The second-order valence-corrected chi connectivity index (χ2v) is 11.2. The molecule has 36 heavy (non-hydrogen) atoms. The van der Waals surface area contributed by atoms with Crippen molar-refractivity contribution in [3.05, 3.63) is 139 Å². The number of hydrogen-bond acceptors (Lipinski definition) is 0. The van der Waals surface area contributed by atoms with E-state index in [0.29, 0.717) is 0 Å². The van der Waals surface area contributed by atoms with Crippen molar-refractivity contribution in [2.24, 2.45) is 0 Å². The van der Waals surface area contributed by atoms with Crippen LogP contribution in [0.25, 0.3) is 21.5 Å². The van der Waals surface area contributed by atoms with Crippen LogP contribution in [0.1, 0.15) is 63.8 Å². The molecular weight excluding hydrogens is 599 g/mol. The Balaban J connectivity index is 0.000000249. The normalized spacial score (nSPS) is 11.1. The van der Waals surface area contributed by atoms with Gasteiger partial charge in [0.05, 0.1) is 0 Å². The van der Waals surface area contributed by atoms with Crippen molar-refractivity contribution in [3.8, 4) is 0 Å². The van der Waals surface area contributed by atoms with Crippen molar-refractivity contribution in [1.29, 1.82) is 0 Å². The average Bonchev–Trinajstić information content (AvgIpc) is 3.17. The zero-order valence-corrected chi connectivity index (χ0v) is 26.3. The van der Waals surface area contributed by atoms with E-state index in [1.165, 1.54) is 32.7 Å². The molecule has 0 radical (unpaired) electrons. The van der Waals surface area contributed by atoms with Gasteiger partial charge in [-0.2, -0.15) is 49.2 Å². The van der Waals surface area contributed by atoms with E-state index in [2.05, 4.69) is 97.9 Å². The summed E-state index contributed by atoms with van der Waals surface area (Å²) in [5.41, 5.74) is 5.36. The van der Waals surface area contributed by atoms with Gasteiger partial charge >= 0.3 is 0 Å². The molecule has 0 unspecified atom stereocenters. The fourth-order valence-corrected chi connectivity index (χ4v) is 3.91. The molecule has 0 bridgehead atoms. The van der Waals surface area contributed by atoms with Crippen molar-refractivity contribution in [2.75, 3.05) is 0 Å². The SMILES string of the molecule is CC(C)(C)c1ccc2c(c1)[cH-]c1cc(C(C)(C)C)ccc12.[CH2-]c1ccccc1.[CH2-]c1ccccc1.[Hf]. The third-order valence-corrected chi connectivity index (χ3v) is 6.12. The minimum atomic E-state index is 0. The molecule has 1 heteroatoms. The van der Waals surface area contributed by atoms with Crippen molar-refractivity contribution < 1.29 is 25.8 Å². The van der Waals surface area contributed by atoms with Crippen LogP contribution in [-0.4, -0.2) is 0 Å². The Hall–Kier alpha value is -2.64.